The minimum Gasteiger partial charge on any atom is -0.454 e. The third-order valence-corrected chi connectivity index (χ3v) is 6.24. The van der Waals surface area contributed by atoms with Crippen molar-refractivity contribution >= 4 is 35.2 Å². The SMILES string of the molecule is CCC(=O)Nc1ccc(C(=O)COC(=O)c2ccc3c(c2)C(=O)N(C2CCCCC2)C3=O)cc1. The Hall–Kier alpha value is -3.81. The number of ketones is 1. The van der Waals surface area contributed by atoms with Crippen molar-refractivity contribution in [1.29, 1.82) is 0 Å². The van der Waals surface area contributed by atoms with Crippen molar-refractivity contribution in [3.63, 3.8) is 0 Å². The van der Waals surface area contributed by atoms with Crippen molar-refractivity contribution in [3.05, 3.63) is 64.7 Å². The summed E-state index contributed by atoms with van der Waals surface area (Å²) in [4.78, 5) is 63.4. The lowest BCUT2D eigenvalue weighted by Gasteiger charge is -2.29. The van der Waals surface area contributed by atoms with Crippen LogP contribution in [0.15, 0.2) is 42.5 Å². The Balaban J connectivity index is 1.39. The van der Waals surface area contributed by atoms with E-state index in [1.165, 1.54) is 23.1 Å². The number of hydrogen-bond donors (Lipinski definition) is 1. The van der Waals surface area contributed by atoms with Gasteiger partial charge >= 0.3 is 5.97 Å². The molecule has 8 nitrogen and oxygen atoms in total. The van der Waals surface area contributed by atoms with Gasteiger partial charge in [-0.05, 0) is 55.3 Å². The van der Waals surface area contributed by atoms with Crippen LogP contribution in [0.4, 0.5) is 5.69 Å². The largest absolute Gasteiger partial charge is 0.454 e. The molecule has 0 aromatic heterocycles. The van der Waals surface area contributed by atoms with Gasteiger partial charge in [-0.25, -0.2) is 4.79 Å². The van der Waals surface area contributed by atoms with Crippen LogP contribution in [0, 0.1) is 0 Å². The molecule has 1 heterocycles. The Kier molecular flexibility index (Phi) is 6.86. The number of fused-ring (bicyclic) bond motifs is 1. The molecule has 34 heavy (non-hydrogen) atoms. The quantitative estimate of drug-likeness (QED) is 0.378. The van der Waals surface area contributed by atoms with E-state index in [0.29, 0.717) is 23.2 Å². The highest BCUT2D eigenvalue weighted by molar-refractivity contribution is 6.22. The Morgan fingerprint density at radius 1 is 0.912 bits per heavy atom. The zero-order valence-electron chi connectivity index (χ0n) is 19.0. The molecule has 1 N–H and O–H groups in total. The molecule has 8 heteroatoms. The Bertz CT molecular complexity index is 1150. The monoisotopic (exact) mass is 462 g/mol. The lowest BCUT2D eigenvalue weighted by Crippen LogP contribution is -2.40. The molecule has 1 aliphatic carbocycles. The summed E-state index contributed by atoms with van der Waals surface area (Å²) in [7, 11) is 0. The van der Waals surface area contributed by atoms with E-state index in [-0.39, 0.29) is 34.9 Å². The van der Waals surface area contributed by atoms with E-state index < -0.39 is 18.4 Å². The summed E-state index contributed by atoms with van der Waals surface area (Å²) in [5.41, 5.74) is 1.50. The average molecular weight is 463 g/mol. The first-order chi connectivity index (χ1) is 16.4. The minimum atomic E-state index is -0.751. The van der Waals surface area contributed by atoms with Crippen molar-refractivity contribution in [3.8, 4) is 0 Å². The maximum atomic E-state index is 12.9. The summed E-state index contributed by atoms with van der Waals surface area (Å²) in [6, 6.07) is 10.5. The lowest BCUT2D eigenvalue weighted by atomic mass is 9.94. The van der Waals surface area contributed by atoms with E-state index in [9.17, 15) is 24.0 Å². The van der Waals surface area contributed by atoms with Gasteiger partial charge in [-0.2, -0.15) is 0 Å². The molecule has 2 aromatic carbocycles. The first-order valence-corrected chi connectivity index (χ1v) is 11.5. The number of imide groups is 1. The summed E-state index contributed by atoms with van der Waals surface area (Å²) in [5.74, 6) is -1.99. The zero-order chi connectivity index (χ0) is 24.2. The number of nitrogens with one attached hydrogen (secondary N) is 1. The summed E-state index contributed by atoms with van der Waals surface area (Å²) >= 11 is 0. The molecule has 1 fully saturated rings. The van der Waals surface area contributed by atoms with Gasteiger partial charge in [-0.15, -0.1) is 0 Å². The number of benzene rings is 2. The van der Waals surface area contributed by atoms with Crippen LogP contribution < -0.4 is 5.32 Å². The molecule has 0 spiro atoms. The Morgan fingerprint density at radius 3 is 2.24 bits per heavy atom. The number of hydrogen-bond acceptors (Lipinski definition) is 6. The summed E-state index contributed by atoms with van der Waals surface area (Å²) in [6.07, 6.45) is 5.02. The molecule has 2 aromatic rings. The highest BCUT2D eigenvalue weighted by Gasteiger charge is 2.40. The second-order valence-electron chi connectivity index (χ2n) is 8.51. The predicted molar refractivity (Wildman–Crippen MR) is 124 cm³/mol. The maximum Gasteiger partial charge on any atom is 0.338 e. The molecule has 1 saturated carbocycles. The van der Waals surface area contributed by atoms with Gasteiger partial charge in [0.1, 0.15) is 0 Å². The van der Waals surface area contributed by atoms with E-state index >= 15 is 0 Å². The van der Waals surface area contributed by atoms with E-state index in [2.05, 4.69) is 5.32 Å². The maximum absolute atomic E-state index is 12.9. The third-order valence-electron chi connectivity index (χ3n) is 6.24. The molecule has 0 unspecified atom stereocenters. The number of anilines is 1. The first-order valence-electron chi connectivity index (χ1n) is 11.5. The second kappa shape index (κ2) is 9.99. The summed E-state index contributed by atoms with van der Waals surface area (Å²) < 4.78 is 5.15. The van der Waals surface area contributed by atoms with Crippen LogP contribution in [-0.2, 0) is 9.53 Å². The molecule has 1 aliphatic heterocycles. The number of carbonyl (C=O) groups is 5. The number of ether oxygens (including phenoxy) is 1. The normalized spacial score (nSPS) is 15.7. The van der Waals surface area contributed by atoms with Crippen molar-refractivity contribution in [2.45, 2.75) is 51.5 Å². The van der Waals surface area contributed by atoms with Crippen LogP contribution in [0.3, 0.4) is 0 Å². The second-order valence-corrected chi connectivity index (χ2v) is 8.51. The van der Waals surface area contributed by atoms with Gasteiger partial charge in [0.2, 0.25) is 5.91 Å². The molecule has 176 valence electrons. The van der Waals surface area contributed by atoms with Gasteiger partial charge < -0.3 is 10.1 Å². The molecule has 2 aliphatic rings. The van der Waals surface area contributed by atoms with Crippen molar-refractivity contribution in [2.24, 2.45) is 0 Å². The standard InChI is InChI=1S/C26H26N2O6/c1-2-23(30)27-18-11-8-16(9-12-18)22(29)15-34-26(33)17-10-13-20-21(14-17)25(32)28(24(20)31)19-6-4-3-5-7-19/h8-14,19H,2-7,15H2,1H3,(H,27,30). The van der Waals surface area contributed by atoms with Gasteiger partial charge in [0.25, 0.3) is 11.8 Å². The van der Waals surface area contributed by atoms with Gasteiger partial charge in [0, 0.05) is 23.7 Å². The highest BCUT2D eigenvalue weighted by atomic mass is 16.5. The van der Waals surface area contributed by atoms with Crippen LogP contribution in [0.1, 0.15) is 86.9 Å². The Morgan fingerprint density at radius 2 is 1.56 bits per heavy atom. The lowest BCUT2D eigenvalue weighted by molar-refractivity contribution is -0.115. The fourth-order valence-electron chi connectivity index (χ4n) is 4.34. The first kappa shape index (κ1) is 23.4. The van der Waals surface area contributed by atoms with Crippen molar-refractivity contribution in [1.82, 2.24) is 4.90 Å². The number of esters is 1. The van der Waals surface area contributed by atoms with Crippen LogP contribution >= 0.6 is 0 Å². The number of nitrogens with zero attached hydrogens (tertiary/aromatic N) is 1. The highest BCUT2D eigenvalue weighted by Crippen LogP contribution is 2.31. The Labute approximate surface area is 197 Å². The van der Waals surface area contributed by atoms with Crippen LogP contribution in [-0.4, -0.2) is 47.0 Å². The smallest absolute Gasteiger partial charge is 0.338 e. The van der Waals surface area contributed by atoms with E-state index in [1.54, 1.807) is 31.2 Å². The van der Waals surface area contributed by atoms with E-state index in [1.807, 2.05) is 0 Å². The van der Waals surface area contributed by atoms with Gasteiger partial charge in [0.05, 0.1) is 16.7 Å². The van der Waals surface area contributed by atoms with Gasteiger partial charge in [-0.1, -0.05) is 26.2 Å². The van der Waals surface area contributed by atoms with E-state index in [4.69, 9.17) is 4.74 Å². The number of amides is 3. The van der Waals surface area contributed by atoms with Gasteiger partial charge in [0.15, 0.2) is 12.4 Å². The fourth-order valence-corrected chi connectivity index (χ4v) is 4.34. The molecule has 4 rings (SSSR count). The van der Waals surface area contributed by atoms with Crippen LogP contribution in [0.2, 0.25) is 0 Å². The van der Waals surface area contributed by atoms with Crippen molar-refractivity contribution in [2.75, 3.05) is 11.9 Å². The topological polar surface area (TPSA) is 110 Å². The molecule has 0 radical (unpaired) electrons. The summed E-state index contributed by atoms with van der Waals surface area (Å²) in [6.45, 7) is 1.26. The molecular formula is C26H26N2O6. The van der Waals surface area contributed by atoms with Gasteiger partial charge in [-0.3, -0.25) is 24.1 Å². The zero-order valence-corrected chi connectivity index (χ0v) is 19.0. The van der Waals surface area contributed by atoms with Crippen molar-refractivity contribution < 1.29 is 28.7 Å². The van der Waals surface area contributed by atoms with Crippen LogP contribution in [0.25, 0.3) is 0 Å². The minimum absolute atomic E-state index is 0.101. The predicted octanol–water partition coefficient (Wildman–Crippen LogP) is 4.00. The third kappa shape index (κ3) is 4.76. The average Bonchev–Trinajstić information content (AvgIpc) is 3.12. The molecule has 0 atom stereocenters. The number of rotatable bonds is 7. The van der Waals surface area contributed by atoms with Crippen LogP contribution in [0.5, 0.6) is 0 Å². The summed E-state index contributed by atoms with van der Waals surface area (Å²) in [5, 5.41) is 2.69. The number of carbonyl (C=O) groups excluding carboxylic acids is 5. The number of Topliss-reactive ketones (excluding diaryl/α,β-unsaturated/α-hetero) is 1. The van der Waals surface area contributed by atoms with E-state index in [0.717, 1.165) is 32.1 Å². The molecule has 3 amide bonds. The fraction of sp³-hybridized carbons (Fsp3) is 0.346. The molecule has 0 saturated heterocycles. The molecular weight excluding hydrogens is 436 g/mol. The molecule has 0 bridgehead atoms.